The van der Waals surface area contributed by atoms with Gasteiger partial charge in [-0.1, -0.05) is 18.2 Å². The first kappa shape index (κ1) is 20.1. The molecular formula is C16H14F6O4. The minimum atomic E-state index is -5.53. The van der Waals surface area contributed by atoms with E-state index in [0.29, 0.717) is 0 Å². The number of carbonyl (C=O) groups is 1. The number of rotatable bonds is 4. The Bertz CT molecular complexity index is 695. The molecule has 144 valence electrons. The van der Waals surface area contributed by atoms with Crippen molar-refractivity contribution in [1.29, 1.82) is 0 Å². The zero-order valence-electron chi connectivity index (χ0n) is 13.6. The summed E-state index contributed by atoms with van der Waals surface area (Å²) in [6.45, 7) is 1.11. The van der Waals surface area contributed by atoms with Crippen LogP contribution in [0.5, 0.6) is 5.75 Å². The van der Waals surface area contributed by atoms with E-state index in [0.717, 1.165) is 14.0 Å². The average molecular weight is 384 g/mol. The topological polar surface area (TPSA) is 44.8 Å². The largest absolute Gasteiger partial charge is 0.485 e. The summed E-state index contributed by atoms with van der Waals surface area (Å²) in [6.07, 6.45) is -13.3. The summed E-state index contributed by atoms with van der Waals surface area (Å²) < 4.78 is 93.4. The van der Waals surface area contributed by atoms with Gasteiger partial charge in [0.25, 0.3) is 5.78 Å². The van der Waals surface area contributed by atoms with E-state index in [2.05, 4.69) is 4.74 Å². The lowest BCUT2D eigenvalue weighted by Crippen LogP contribution is -2.48. The van der Waals surface area contributed by atoms with Gasteiger partial charge in [-0.25, -0.2) is 0 Å². The quantitative estimate of drug-likeness (QED) is 0.732. The van der Waals surface area contributed by atoms with E-state index in [1.54, 1.807) is 6.07 Å². The third-order valence-electron chi connectivity index (χ3n) is 3.65. The smallest absolute Gasteiger partial charge is 0.454 e. The van der Waals surface area contributed by atoms with Gasteiger partial charge >= 0.3 is 12.4 Å². The Kier molecular flexibility index (Phi) is 5.27. The maximum Gasteiger partial charge on any atom is 0.454 e. The van der Waals surface area contributed by atoms with Crippen LogP contribution in [0.4, 0.5) is 26.3 Å². The summed E-state index contributed by atoms with van der Waals surface area (Å²) in [6, 6.07) is 7.20. The van der Waals surface area contributed by atoms with Crippen LogP contribution in [-0.4, -0.2) is 37.1 Å². The molecule has 0 saturated heterocycles. The van der Waals surface area contributed by atoms with Crippen LogP contribution in [0.15, 0.2) is 41.7 Å². The average Bonchev–Trinajstić information content (AvgIpc) is 2.53. The van der Waals surface area contributed by atoms with Gasteiger partial charge in [-0.2, -0.15) is 26.3 Å². The lowest BCUT2D eigenvalue weighted by atomic mass is 9.93. The molecule has 4 nitrogen and oxygen atoms in total. The summed E-state index contributed by atoms with van der Waals surface area (Å²) in [5, 5.41) is 0. The fourth-order valence-electron chi connectivity index (χ4n) is 2.40. The highest BCUT2D eigenvalue weighted by Crippen LogP contribution is 2.43. The number of methoxy groups -OCH3 is 1. The van der Waals surface area contributed by atoms with E-state index in [9.17, 15) is 31.1 Å². The summed E-state index contributed by atoms with van der Waals surface area (Å²) in [5.41, 5.74) is -1.64. The van der Waals surface area contributed by atoms with Crippen molar-refractivity contribution in [1.82, 2.24) is 0 Å². The molecule has 0 spiro atoms. The normalized spacial score (nSPS) is 24.2. The predicted molar refractivity (Wildman–Crippen MR) is 76.1 cm³/mol. The Morgan fingerprint density at radius 2 is 1.73 bits per heavy atom. The maximum atomic E-state index is 13.3. The predicted octanol–water partition coefficient (Wildman–Crippen LogP) is 4.16. The Morgan fingerprint density at radius 3 is 2.19 bits per heavy atom. The van der Waals surface area contributed by atoms with Crippen LogP contribution in [0, 0.1) is 0 Å². The van der Waals surface area contributed by atoms with Gasteiger partial charge in [0.2, 0.25) is 11.5 Å². The van der Waals surface area contributed by atoms with Crippen LogP contribution in [0.3, 0.4) is 0 Å². The molecule has 0 bridgehead atoms. The van der Waals surface area contributed by atoms with E-state index in [-0.39, 0.29) is 5.75 Å². The number of hydrogen-bond donors (Lipinski definition) is 0. The second-order valence-corrected chi connectivity index (χ2v) is 5.63. The molecule has 2 unspecified atom stereocenters. The zero-order chi connectivity index (χ0) is 19.8. The standard InChI is InChI=1S/C16H14F6O4/c1-14(24-2)8-10(25-9-6-4-3-5-7-9)11(12(23)15(17,18)19)13(26-14)16(20,21)22/h3-7,10H,8H2,1-2H3. The molecule has 1 aliphatic rings. The van der Waals surface area contributed by atoms with Crippen LogP contribution < -0.4 is 4.74 Å². The van der Waals surface area contributed by atoms with Crippen molar-refractivity contribution in [3.8, 4) is 5.75 Å². The zero-order valence-corrected chi connectivity index (χ0v) is 13.6. The van der Waals surface area contributed by atoms with E-state index in [1.807, 2.05) is 0 Å². The second kappa shape index (κ2) is 6.82. The summed E-state index contributed by atoms with van der Waals surface area (Å²) in [5.74, 6) is -6.69. The summed E-state index contributed by atoms with van der Waals surface area (Å²) in [7, 11) is 1.03. The Morgan fingerprint density at radius 1 is 1.15 bits per heavy atom. The monoisotopic (exact) mass is 384 g/mol. The fraction of sp³-hybridized carbons (Fsp3) is 0.438. The van der Waals surface area contributed by atoms with Gasteiger partial charge in [0.05, 0.1) is 12.0 Å². The number of hydrogen-bond acceptors (Lipinski definition) is 4. The first-order valence-corrected chi connectivity index (χ1v) is 7.26. The third kappa shape index (κ3) is 4.29. The van der Waals surface area contributed by atoms with Crippen molar-refractivity contribution in [3.63, 3.8) is 0 Å². The highest BCUT2D eigenvalue weighted by molar-refractivity contribution is 6.01. The number of para-hydroxylation sites is 1. The molecule has 0 saturated carbocycles. The molecular weight excluding hydrogens is 370 g/mol. The van der Waals surface area contributed by atoms with Gasteiger partial charge in [0.1, 0.15) is 11.9 Å². The van der Waals surface area contributed by atoms with E-state index in [4.69, 9.17) is 9.47 Å². The number of benzene rings is 1. The molecule has 1 aromatic rings. The van der Waals surface area contributed by atoms with Crippen molar-refractivity contribution < 1.29 is 45.3 Å². The van der Waals surface area contributed by atoms with Crippen LogP contribution in [0.1, 0.15) is 13.3 Å². The highest BCUT2D eigenvalue weighted by Gasteiger charge is 2.56. The molecule has 1 aliphatic heterocycles. The minimum absolute atomic E-state index is 0.00754. The Hall–Kier alpha value is -2.23. The molecule has 1 aromatic carbocycles. The molecule has 0 fully saturated rings. The van der Waals surface area contributed by atoms with Gasteiger partial charge in [-0.3, -0.25) is 4.79 Å². The molecule has 10 heteroatoms. The number of carbonyl (C=O) groups excluding carboxylic acids is 1. The Balaban J connectivity index is 2.60. The molecule has 2 rings (SSSR count). The van der Waals surface area contributed by atoms with Gasteiger partial charge in [-0.05, 0) is 12.1 Å². The number of ether oxygens (including phenoxy) is 3. The maximum absolute atomic E-state index is 13.3. The van der Waals surface area contributed by atoms with Crippen molar-refractivity contribution >= 4 is 5.78 Å². The molecule has 0 amide bonds. The van der Waals surface area contributed by atoms with E-state index >= 15 is 0 Å². The van der Waals surface area contributed by atoms with Gasteiger partial charge < -0.3 is 14.2 Å². The van der Waals surface area contributed by atoms with Gasteiger partial charge in [0.15, 0.2) is 0 Å². The second-order valence-electron chi connectivity index (χ2n) is 5.63. The number of Topliss-reactive ketones (excluding diaryl/α,β-unsaturated/α-hetero) is 1. The lowest BCUT2D eigenvalue weighted by molar-refractivity contribution is -0.250. The number of alkyl halides is 6. The van der Waals surface area contributed by atoms with Crippen molar-refractivity contribution in [3.05, 3.63) is 41.7 Å². The van der Waals surface area contributed by atoms with E-state index in [1.165, 1.54) is 24.3 Å². The highest BCUT2D eigenvalue weighted by atomic mass is 19.4. The van der Waals surface area contributed by atoms with Crippen LogP contribution in [-0.2, 0) is 14.3 Å². The van der Waals surface area contributed by atoms with Gasteiger partial charge in [-0.15, -0.1) is 0 Å². The van der Waals surface area contributed by atoms with Crippen LogP contribution in [0.25, 0.3) is 0 Å². The molecule has 2 atom stereocenters. The van der Waals surface area contributed by atoms with Crippen molar-refractivity contribution in [2.75, 3.05) is 7.11 Å². The first-order chi connectivity index (χ1) is 11.9. The fourth-order valence-corrected chi connectivity index (χ4v) is 2.40. The summed E-state index contributed by atoms with van der Waals surface area (Å²) in [4.78, 5) is 11.7. The molecule has 0 aromatic heterocycles. The summed E-state index contributed by atoms with van der Waals surface area (Å²) >= 11 is 0. The number of ketones is 1. The molecule has 0 N–H and O–H groups in total. The minimum Gasteiger partial charge on any atom is -0.485 e. The Labute approximate surface area is 144 Å². The number of allylic oxidation sites excluding steroid dienone is 1. The molecule has 26 heavy (non-hydrogen) atoms. The molecule has 1 heterocycles. The van der Waals surface area contributed by atoms with E-state index < -0.39 is 47.8 Å². The lowest BCUT2D eigenvalue weighted by Gasteiger charge is -2.39. The molecule has 0 aliphatic carbocycles. The third-order valence-corrected chi connectivity index (χ3v) is 3.65. The molecule has 0 radical (unpaired) electrons. The van der Waals surface area contributed by atoms with Crippen LogP contribution in [0.2, 0.25) is 0 Å². The van der Waals surface area contributed by atoms with Crippen molar-refractivity contribution in [2.45, 2.75) is 37.6 Å². The van der Waals surface area contributed by atoms with Gasteiger partial charge in [0, 0.05) is 14.0 Å². The first-order valence-electron chi connectivity index (χ1n) is 7.26. The van der Waals surface area contributed by atoms with Crippen molar-refractivity contribution in [2.24, 2.45) is 0 Å². The number of halogens is 6. The van der Waals surface area contributed by atoms with Crippen LogP contribution >= 0.6 is 0 Å². The SMILES string of the molecule is COC1(C)CC(Oc2ccccc2)C(C(=O)C(F)(F)F)=C(C(F)(F)F)O1.